The second kappa shape index (κ2) is 5.57. The lowest BCUT2D eigenvalue weighted by Crippen LogP contribution is -2.36. The lowest BCUT2D eigenvalue weighted by molar-refractivity contribution is 0.398. The van der Waals surface area contributed by atoms with Gasteiger partial charge in [0.1, 0.15) is 0 Å². The molecule has 0 spiro atoms. The maximum Gasteiger partial charge on any atom is 0.159 e. The van der Waals surface area contributed by atoms with Crippen molar-refractivity contribution < 1.29 is 0 Å². The topological polar surface area (TPSA) is 29.0 Å². The summed E-state index contributed by atoms with van der Waals surface area (Å²) in [6.45, 7) is 6.15. The summed E-state index contributed by atoms with van der Waals surface area (Å²) < 4.78 is 0. The average Bonchev–Trinajstić information content (AvgIpc) is 2.48. The van der Waals surface area contributed by atoms with Crippen molar-refractivity contribution in [3.8, 4) is 0 Å². The van der Waals surface area contributed by atoms with Gasteiger partial charge in [0.2, 0.25) is 0 Å². The summed E-state index contributed by atoms with van der Waals surface area (Å²) in [5.41, 5.74) is 0.994. The van der Waals surface area contributed by atoms with Gasteiger partial charge in [0.15, 0.2) is 5.82 Å². The van der Waals surface area contributed by atoms with E-state index in [9.17, 15) is 0 Å². The number of aryl methyl sites for hydroxylation is 1. The highest BCUT2D eigenvalue weighted by atomic mass is 35.5. The van der Waals surface area contributed by atoms with Gasteiger partial charge in [-0.1, -0.05) is 24.3 Å². The molecular weight excluding hydrogens is 270 g/mol. The van der Waals surface area contributed by atoms with Crippen molar-refractivity contribution in [2.45, 2.75) is 32.1 Å². The van der Waals surface area contributed by atoms with E-state index in [2.05, 4.69) is 46.3 Å². The number of hydrogen-bond donors (Lipinski definition) is 0. The average molecular weight is 290 g/mol. The summed E-state index contributed by atoms with van der Waals surface area (Å²) in [5.74, 6) is 1.64. The molecule has 1 aromatic heterocycles. The van der Waals surface area contributed by atoms with Gasteiger partial charge in [-0.05, 0) is 32.6 Å². The van der Waals surface area contributed by atoms with E-state index in [1.54, 1.807) is 0 Å². The van der Waals surface area contributed by atoms with Gasteiger partial charge < -0.3 is 4.90 Å². The van der Waals surface area contributed by atoms with E-state index in [0.717, 1.165) is 37.4 Å². The third-order valence-corrected chi connectivity index (χ3v) is 4.70. The number of alkyl halides is 1. The van der Waals surface area contributed by atoms with Crippen molar-refractivity contribution in [2.24, 2.45) is 5.92 Å². The van der Waals surface area contributed by atoms with Crippen LogP contribution in [0, 0.1) is 12.8 Å². The van der Waals surface area contributed by atoms with E-state index < -0.39 is 0 Å². The summed E-state index contributed by atoms with van der Waals surface area (Å²) >= 11 is 6.22. The highest BCUT2D eigenvalue weighted by molar-refractivity contribution is 6.20. The van der Waals surface area contributed by atoms with Crippen molar-refractivity contribution in [3.05, 3.63) is 30.0 Å². The van der Waals surface area contributed by atoms with Gasteiger partial charge in [0.05, 0.1) is 5.69 Å². The Hall–Kier alpha value is -1.35. The van der Waals surface area contributed by atoms with Crippen LogP contribution in [0.15, 0.2) is 24.3 Å². The van der Waals surface area contributed by atoms with Gasteiger partial charge >= 0.3 is 0 Å². The number of anilines is 1. The van der Waals surface area contributed by atoms with Crippen molar-refractivity contribution in [1.29, 1.82) is 0 Å². The number of hydrogen-bond acceptors (Lipinski definition) is 3. The van der Waals surface area contributed by atoms with Crippen molar-refractivity contribution in [3.63, 3.8) is 0 Å². The maximum absolute atomic E-state index is 6.22. The predicted octanol–water partition coefficient (Wildman–Crippen LogP) is 3.78. The molecule has 2 heterocycles. The molecule has 1 fully saturated rings. The molecule has 1 atom stereocenters. The Labute approximate surface area is 124 Å². The standard InChI is InChI=1S/C16H20ClN3/c1-11(17)13-7-9-20(10-8-13)16-15-6-4-3-5-14(15)12(2)18-19-16/h3-6,11,13H,7-10H2,1-2H3. The first-order valence-corrected chi connectivity index (χ1v) is 7.71. The molecule has 2 aromatic rings. The van der Waals surface area contributed by atoms with Crippen LogP contribution >= 0.6 is 11.6 Å². The molecule has 1 aliphatic rings. The summed E-state index contributed by atoms with van der Waals surface area (Å²) in [7, 11) is 0. The van der Waals surface area contributed by atoms with Crippen LogP contribution in [0.25, 0.3) is 10.8 Å². The normalized spacial score (nSPS) is 18.4. The third kappa shape index (κ3) is 2.47. The molecule has 1 aliphatic heterocycles. The minimum absolute atomic E-state index is 0.262. The Kier molecular flexibility index (Phi) is 3.79. The number of fused-ring (bicyclic) bond motifs is 1. The summed E-state index contributed by atoms with van der Waals surface area (Å²) in [6, 6.07) is 8.39. The molecule has 1 unspecified atom stereocenters. The number of aromatic nitrogens is 2. The molecule has 3 rings (SSSR count). The van der Waals surface area contributed by atoms with E-state index in [-0.39, 0.29) is 5.38 Å². The molecule has 1 saturated heterocycles. The molecule has 0 bridgehead atoms. The van der Waals surface area contributed by atoms with E-state index in [1.807, 2.05) is 6.92 Å². The smallest absolute Gasteiger partial charge is 0.159 e. The third-order valence-electron chi connectivity index (χ3n) is 4.34. The number of benzene rings is 1. The molecule has 106 valence electrons. The van der Waals surface area contributed by atoms with Crippen molar-refractivity contribution >= 4 is 28.2 Å². The minimum Gasteiger partial charge on any atom is -0.355 e. The quantitative estimate of drug-likeness (QED) is 0.788. The molecule has 0 N–H and O–H groups in total. The second-order valence-corrected chi connectivity index (χ2v) is 6.35. The molecule has 3 nitrogen and oxygen atoms in total. The maximum atomic E-state index is 6.22. The fourth-order valence-electron chi connectivity index (χ4n) is 3.03. The molecule has 0 radical (unpaired) electrons. The molecule has 4 heteroatoms. The van der Waals surface area contributed by atoms with Gasteiger partial charge in [-0.25, -0.2) is 0 Å². The van der Waals surface area contributed by atoms with Gasteiger partial charge in [0, 0.05) is 29.2 Å². The van der Waals surface area contributed by atoms with Gasteiger partial charge in [-0.3, -0.25) is 0 Å². The molecule has 20 heavy (non-hydrogen) atoms. The Balaban J connectivity index is 1.90. The molecule has 0 aliphatic carbocycles. The van der Waals surface area contributed by atoms with Gasteiger partial charge in [0.25, 0.3) is 0 Å². The highest BCUT2D eigenvalue weighted by Gasteiger charge is 2.24. The predicted molar refractivity (Wildman–Crippen MR) is 84.5 cm³/mol. The number of piperidine rings is 1. The number of halogens is 1. The van der Waals surface area contributed by atoms with Gasteiger partial charge in [-0.15, -0.1) is 16.7 Å². The summed E-state index contributed by atoms with van der Waals surface area (Å²) in [6.07, 6.45) is 2.27. The zero-order valence-corrected chi connectivity index (χ0v) is 12.8. The van der Waals surface area contributed by atoms with Crippen LogP contribution in [0.1, 0.15) is 25.5 Å². The minimum atomic E-state index is 0.262. The summed E-state index contributed by atoms with van der Waals surface area (Å²) in [4.78, 5) is 2.35. The number of nitrogens with zero attached hydrogens (tertiary/aromatic N) is 3. The van der Waals surface area contributed by atoms with E-state index in [4.69, 9.17) is 11.6 Å². The Morgan fingerprint density at radius 2 is 1.80 bits per heavy atom. The lowest BCUT2D eigenvalue weighted by atomic mass is 9.94. The zero-order chi connectivity index (χ0) is 14.1. The second-order valence-electron chi connectivity index (χ2n) is 5.66. The van der Waals surface area contributed by atoms with Crippen LogP contribution in [0.2, 0.25) is 0 Å². The summed E-state index contributed by atoms with van der Waals surface area (Å²) in [5, 5.41) is 11.4. The Bertz CT molecular complexity index is 604. The van der Waals surface area contributed by atoms with Crippen molar-refractivity contribution in [2.75, 3.05) is 18.0 Å². The van der Waals surface area contributed by atoms with Crippen LogP contribution in [-0.2, 0) is 0 Å². The fourth-order valence-corrected chi connectivity index (χ4v) is 3.28. The first-order chi connectivity index (χ1) is 9.66. The van der Waals surface area contributed by atoms with E-state index in [0.29, 0.717) is 5.92 Å². The van der Waals surface area contributed by atoms with Crippen LogP contribution in [0.4, 0.5) is 5.82 Å². The first kappa shape index (κ1) is 13.6. The van der Waals surface area contributed by atoms with Crippen LogP contribution in [0.3, 0.4) is 0 Å². The molecular formula is C16H20ClN3. The van der Waals surface area contributed by atoms with E-state index >= 15 is 0 Å². The molecule has 1 aromatic carbocycles. The van der Waals surface area contributed by atoms with Crippen LogP contribution < -0.4 is 4.90 Å². The van der Waals surface area contributed by atoms with E-state index in [1.165, 1.54) is 10.8 Å². The van der Waals surface area contributed by atoms with Crippen LogP contribution in [-0.4, -0.2) is 28.7 Å². The first-order valence-electron chi connectivity index (χ1n) is 7.28. The SMILES string of the molecule is Cc1nnc(N2CCC(C(C)Cl)CC2)c2ccccc12. The highest BCUT2D eigenvalue weighted by Crippen LogP contribution is 2.30. The largest absolute Gasteiger partial charge is 0.355 e. The van der Waals surface area contributed by atoms with Crippen molar-refractivity contribution in [1.82, 2.24) is 10.2 Å². The Morgan fingerprint density at radius 1 is 1.15 bits per heavy atom. The van der Waals surface area contributed by atoms with Crippen LogP contribution in [0.5, 0.6) is 0 Å². The Morgan fingerprint density at radius 3 is 2.45 bits per heavy atom. The molecule has 0 saturated carbocycles. The zero-order valence-electron chi connectivity index (χ0n) is 12.0. The van der Waals surface area contributed by atoms with Gasteiger partial charge in [-0.2, -0.15) is 5.10 Å². The fraction of sp³-hybridized carbons (Fsp3) is 0.500. The molecule has 0 amide bonds. The monoisotopic (exact) mass is 289 g/mol. The lowest BCUT2D eigenvalue weighted by Gasteiger charge is -2.34. The number of rotatable bonds is 2.